The standard InChI is InChI=1S/C12H22N2O3/c1-3-5-13-12(16)11-9-17-8-7-14(11)6-4-10(2)15/h11H,3-9H2,1-2H3,(H,13,16). The van der Waals surface area contributed by atoms with E-state index in [1.54, 1.807) is 6.92 Å². The van der Waals surface area contributed by atoms with Crippen molar-refractivity contribution in [1.29, 1.82) is 0 Å². The summed E-state index contributed by atoms with van der Waals surface area (Å²) in [6.07, 6.45) is 1.42. The zero-order valence-electron chi connectivity index (χ0n) is 10.7. The number of ketones is 1. The van der Waals surface area contributed by atoms with E-state index in [0.29, 0.717) is 32.7 Å². The molecule has 5 nitrogen and oxygen atoms in total. The highest BCUT2D eigenvalue weighted by molar-refractivity contribution is 5.82. The maximum absolute atomic E-state index is 11.9. The van der Waals surface area contributed by atoms with Gasteiger partial charge in [-0.1, -0.05) is 6.92 Å². The normalized spacial score (nSPS) is 21.2. The third kappa shape index (κ3) is 4.83. The number of morpholine rings is 1. The summed E-state index contributed by atoms with van der Waals surface area (Å²) in [6.45, 7) is 6.71. The molecule has 1 unspecified atom stereocenters. The molecule has 0 aromatic carbocycles. The van der Waals surface area contributed by atoms with Crippen LogP contribution in [0.2, 0.25) is 0 Å². The van der Waals surface area contributed by atoms with Crippen LogP contribution >= 0.6 is 0 Å². The number of carbonyl (C=O) groups is 2. The monoisotopic (exact) mass is 242 g/mol. The predicted molar refractivity (Wildman–Crippen MR) is 64.8 cm³/mol. The Labute approximate surface area is 102 Å². The zero-order chi connectivity index (χ0) is 12.7. The maximum atomic E-state index is 11.9. The highest BCUT2D eigenvalue weighted by atomic mass is 16.5. The number of Topliss-reactive ketones (excluding diaryl/α,β-unsaturated/α-hetero) is 1. The number of amides is 1. The molecular weight excluding hydrogens is 220 g/mol. The number of nitrogens with zero attached hydrogens (tertiary/aromatic N) is 1. The lowest BCUT2D eigenvalue weighted by Gasteiger charge is -2.34. The van der Waals surface area contributed by atoms with Gasteiger partial charge in [0, 0.05) is 26.1 Å². The molecule has 0 aromatic heterocycles. The van der Waals surface area contributed by atoms with Crippen LogP contribution in [-0.4, -0.2) is 55.5 Å². The van der Waals surface area contributed by atoms with Crippen molar-refractivity contribution in [3.63, 3.8) is 0 Å². The van der Waals surface area contributed by atoms with Crippen LogP contribution in [0.4, 0.5) is 0 Å². The van der Waals surface area contributed by atoms with Crippen LogP contribution in [0.3, 0.4) is 0 Å². The van der Waals surface area contributed by atoms with Crippen LogP contribution < -0.4 is 5.32 Å². The molecule has 0 radical (unpaired) electrons. The summed E-state index contributed by atoms with van der Waals surface area (Å²) in [5.74, 6) is 0.166. The van der Waals surface area contributed by atoms with E-state index in [1.807, 2.05) is 11.8 Å². The average Bonchev–Trinajstić information content (AvgIpc) is 2.33. The first-order valence-corrected chi connectivity index (χ1v) is 6.24. The van der Waals surface area contributed by atoms with Crippen LogP contribution in [0.25, 0.3) is 0 Å². The largest absolute Gasteiger partial charge is 0.378 e. The summed E-state index contributed by atoms with van der Waals surface area (Å²) in [7, 11) is 0. The van der Waals surface area contributed by atoms with Gasteiger partial charge >= 0.3 is 0 Å². The molecular formula is C12H22N2O3. The lowest BCUT2D eigenvalue weighted by atomic mass is 10.2. The summed E-state index contributed by atoms with van der Waals surface area (Å²) in [5, 5.41) is 2.87. The SMILES string of the molecule is CCCNC(=O)C1COCCN1CCC(C)=O. The van der Waals surface area contributed by atoms with Gasteiger partial charge in [-0.2, -0.15) is 0 Å². The summed E-state index contributed by atoms with van der Waals surface area (Å²) >= 11 is 0. The molecule has 1 heterocycles. The molecule has 1 amide bonds. The van der Waals surface area contributed by atoms with Gasteiger partial charge < -0.3 is 10.1 Å². The molecule has 1 rings (SSSR count). The molecule has 1 saturated heterocycles. The van der Waals surface area contributed by atoms with E-state index in [9.17, 15) is 9.59 Å². The second kappa shape index (κ2) is 7.40. The number of ether oxygens (including phenoxy) is 1. The van der Waals surface area contributed by atoms with Gasteiger partial charge in [0.2, 0.25) is 5.91 Å². The van der Waals surface area contributed by atoms with Crippen molar-refractivity contribution in [1.82, 2.24) is 10.2 Å². The first-order valence-electron chi connectivity index (χ1n) is 6.24. The molecule has 17 heavy (non-hydrogen) atoms. The Morgan fingerprint density at radius 2 is 2.24 bits per heavy atom. The minimum atomic E-state index is -0.241. The van der Waals surface area contributed by atoms with Gasteiger partial charge in [0.1, 0.15) is 11.8 Å². The van der Waals surface area contributed by atoms with Crippen LogP contribution in [0.5, 0.6) is 0 Å². The average molecular weight is 242 g/mol. The van der Waals surface area contributed by atoms with Crippen LogP contribution in [-0.2, 0) is 14.3 Å². The van der Waals surface area contributed by atoms with E-state index in [2.05, 4.69) is 5.32 Å². The predicted octanol–water partition coefficient (Wildman–Crippen LogP) is 0.192. The number of rotatable bonds is 6. The molecule has 5 heteroatoms. The maximum Gasteiger partial charge on any atom is 0.239 e. The van der Waals surface area contributed by atoms with Crippen LogP contribution in [0.15, 0.2) is 0 Å². The first kappa shape index (κ1) is 14.1. The smallest absolute Gasteiger partial charge is 0.239 e. The Morgan fingerprint density at radius 3 is 2.88 bits per heavy atom. The fraction of sp³-hybridized carbons (Fsp3) is 0.833. The molecule has 1 aliphatic heterocycles. The highest BCUT2D eigenvalue weighted by Crippen LogP contribution is 2.08. The number of nitrogens with one attached hydrogen (secondary N) is 1. The van der Waals surface area contributed by atoms with E-state index in [-0.39, 0.29) is 17.7 Å². The summed E-state index contributed by atoms with van der Waals surface area (Å²) < 4.78 is 5.33. The van der Waals surface area contributed by atoms with Crippen LogP contribution in [0, 0.1) is 0 Å². The lowest BCUT2D eigenvalue weighted by molar-refractivity contribution is -0.133. The molecule has 1 aliphatic rings. The molecule has 0 aliphatic carbocycles. The fourth-order valence-corrected chi connectivity index (χ4v) is 1.81. The first-order chi connectivity index (χ1) is 8.15. The van der Waals surface area contributed by atoms with E-state index < -0.39 is 0 Å². The van der Waals surface area contributed by atoms with E-state index >= 15 is 0 Å². The molecule has 1 atom stereocenters. The summed E-state index contributed by atoms with van der Waals surface area (Å²) in [6, 6.07) is -0.241. The van der Waals surface area contributed by atoms with Crippen molar-refractivity contribution in [3.8, 4) is 0 Å². The van der Waals surface area contributed by atoms with Crippen molar-refractivity contribution < 1.29 is 14.3 Å². The second-order valence-electron chi connectivity index (χ2n) is 4.37. The van der Waals surface area contributed by atoms with Crippen molar-refractivity contribution >= 4 is 11.7 Å². The Morgan fingerprint density at radius 1 is 1.47 bits per heavy atom. The van der Waals surface area contributed by atoms with E-state index in [4.69, 9.17) is 4.74 Å². The minimum absolute atomic E-state index is 0.00935. The molecule has 98 valence electrons. The summed E-state index contributed by atoms with van der Waals surface area (Å²) in [4.78, 5) is 24.9. The van der Waals surface area contributed by atoms with Gasteiger partial charge in [-0.15, -0.1) is 0 Å². The molecule has 0 saturated carbocycles. The van der Waals surface area contributed by atoms with E-state index in [0.717, 1.165) is 13.0 Å². The Kier molecular flexibility index (Phi) is 6.15. The lowest BCUT2D eigenvalue weighted by Crippen LogP contribution is -2.54. The Balaban J connectivity index is 2.46. The third-order valence-corrected chi connectivity index (χ3v) is 2.84. The number of carbonyl (C=O) groups excluding carboxylic acids is 2. The van der Waals surface area contributed by atoms with Gasteiger partial charge in [-0.25, -0.2) is 0 Å². The van der Waals surface area contributed by atoms with Crippen molar-refractivity contribution in [2.75, 3.05) is 32.8 Å². The molecule has 0 bridgehead atoms. The molecule has 0 aromatic rings. The molecule has 1 N–H and O–H groups in total. The highest BCUT2D eigenvalue weighted by Gasteiger charge is 2.28. The molecule has 1 fully saturated rings. The number of hydrogen-bond acceptors (Lipinski definition) is 4. The topological polar surface area (TPSA) is 58.6 Å². The van der Waals surface area contributed by atoms with Crippen LogP contribution in [0.1, 0.15) is 26.7 Å². The van der Waals surface area contributed by atoms with Gasteiger partial charge in [0.05, 0.1) is 13.2 Å². The van der Waals surface area contributed by atoms with Crippen molar-refractivity contribution in [2.45, 2.75) is 32.7 Å². The summed E-state index contributed by atoms with van der Waals surface area (Å²) in [5.41, 5.74) is 0. The molecule has 0 spiro atoms. The van der Waals surface area contributed by atoms with Gasteiger partial charge in [-0.3, -0.25) is 14.5 Å². The Bertz CT molecular complexity index is 268. The minimum Gasteiger partial charge on any atom is -0.378 e. The van der Waals surface area contributed by atoms with Crippen molar-refractivity contribution in [3.05, 3.63) is 0 Å². The van der Waals surface area contributed by atoms with E-state index in [1.165, 1.54) is 0 Å². The van der Waals surface area contributed by atoms with Gasteiger partial charge in [-0.05, 0) is 13.3 Å². The quantitative estimate of drug-likeness (QED) is 0.722. The Hall–Kier alpha value is -0.940. The second-order valence-corrected chi connectivity index (χ2v) is 4.37. The fourth-order valence-electron chi connectivity index (χ4n) is 1.81. The van der Waals surface area contributed by atoms with Gasteiger partial charge in [0.15, 0.2) is 0 Å². The van der Waals surface area contributed by atoms with Crippen molar-refractivity contribution in [2.24, 2.45) is 0 Å². The number of hydrogen-bond donors (Lipinski definition) is 1. The van der Waals surface area contributed by atoms with Gasteiger partial charge in [0.25, 0.3) is 0 Å². The third-order valence-electron chi connectivity index (χ3n) is 2.84. The zero-order valence-corrected chi connectivity index (χ0v) is 10.7.